The van der Waals surface area contributed by atoms with Gasteiger partial charge < -0.3 is 28.4 Å². The van der Waals surface area contributed by atoms with E-state index in [1.807, 2.05) is 55.5 Å². The third-order valence-electron chi connectivity index (χ3n) is 12.2. The summed E-state index contributed by atoms with van der Waals surface area (Å²) in [5.41, 5.74) is 3.07. The number of methoxy groups -OCH3 is 1. The van der Waals surface area contributed by atoms with Crippen LogP contribution in [0.5, 0.6) is 23.0 Å². The third-order valence-corrected chi connectivity index (χ3v) is 13.2. The van der Waals surface area contributed by atoms with Gasteiger partial charge >= 0.3 is 29.8 Å². The van der Waals surface area contributed by atoms with Gasteiger partial charge in [0.15, 0.2) is 0 Å². The van der Waals surface area contributed by atoms with E-state index in [0.29, 0.717) is 86.8 Å². The predicted molar refractivity (Wildman–Crippen MR) is 258 cm³/mol. The molecule has 7 rings (SSSR count). The standard InChI is InChI=1S/C53H57N3O11S/c1-4-48(57)64-32-10-6-5-9-31-63-42-25-27-43(28-26-42)65-50(59)37-19-21-38(22-20-37)51(60)66-44-29-30-46(67-52(61)39-17-15-36(16-18-39)49(58)62-3)40(33-44)34-54-56(41-23-13-35(2)14-24-41)53-55-45-11-7-8-12-47(45)68-53/h4,7-8,11-14,23-30,33-34,36-39H,1,5-6,9-10,15-22,31-32H2,2-3H3/b54-34+/t36-,37-,38-,39-. The Morgan fingerprint density at radius 3 is 1.85 bits per heavy atom. The van der Waals surface area contributed by atoms with Gasteiger partial charge in [0, 0.05) is 11.6 Å². The molecule has 0 bridgehead atoms. The molecule has 356 valence electrons. The topological polar surface area (TPSA) is 169 Å². The molecule has 0 unspecified atom stereocenters. The Bertz CT molecular complexity index is 2530. The normalized spacial score (nSPS) is 18.0. The molecular formula is C53H57N3O11S. The van der Waals surface area contributed by atoms with Crippen LogP contribution in [0.2, 0.25) is 0 Å². The minimum atomic E-state index is -0.434. The molecule has 5 aromatic rings. The number of thiazole rings is 1. The lowest BCUT2D eigenvalue weighted by Crippen LogP contribution is -2.30. The van der Waals surface area contributed by atoms with E-state index in [2.05, 4.69) is 6.58 Å². The SMILES string of the molecule is C=CC(=O)OCCCCCCOc1ccc(OC(=O)[C@H]2CC[C@H](C(=O)Oc3ccc(OC(=O)[C@H]4CC[C@H](C(=O)OC)CC4)c(/C=N/N(c4ccc(C)cc4)c4nc5ccccc5s4)c3)CC2)cc1. The van der Waals surface area contributed by atoms with E-state index >= 15 is 0 Å². The monoisotopic (exact) mass is 943 g/mol. The lowest BCUT2D eigenvalue weighted by atomic mass is 9.82. The maximum Gasteiger partial charge on any atom is 0.330 e. The first-order chi connectivity index (χ1) is 33.1. The van der Waals surface area contributed by atoms with Crippen LogP contribution >= 0.6 is 11.3 Å². The van der Waals surface area contributed by atoms with Gasteiger partial charge in [-0.1, -0.05) is 47.7 Å². The van der Waals surface area contributed by atoms with Crippen LogP contribution in [0.1, 0.15) is 88.2 Å². The van der Waals surface area contributed by atoms with Crippen molar-refractivity contribution in [3.05, 3.63) is 115 Å². The molecule has 0 amide bonds. The van der Waals surface area contributed by atoms with Crippen LogP contribution in [0.4, 0.5) is 10.8 Å². The Hall–Kier alpha value is -6.87. The second-order valence-corrected chi connectivity index (χ2v) is 18.1. The van der Waals surface area contributed by atoms with Gasteiger partial charge in [0.2, 0.25) is 5.13 Å². The van der Waals surface area contributed by atoms with E-state index in [-0.39, 0.29) is 35.3 Å². The highest BCUT2D eigenvalue weighted by atomic mass is 32.1. The highest BCUT2D eigenvalue weighted by molar-refractivity contribution is 7.22. The number of esters is 5. The Morgan fingerprint density at radius 1 is 0.676 bits per heavy atom. The smallest absolute Gasteiger partial charge is 0.330 e. The number of hydrogen-bond donors (Lipinski definition) is 0. The van der Waals surface area contributed by atoms with E-state index in [0.717, 1.165) is 53.2 Å². The summed E-state index contributed by atoms with van der Waals surface area (Å²) in [7, 11) is 1.37. The summed E-state index contributed by atoms with van der Waals surface area (Å²) in [5, 5.41) is 7.23. The Kier molecular flexibility index (Phi) is 17.5. The fourth-order valence-electron chi connectivity index (χ4n) is 8.24. The van der Waals surface area contributed by atoms with Gasteiger partial charge in [-0.25, -0.2) is 14.8 Å². The number of anilines is 2. The van der Waals surface area contributed by atoms with Crippen LogP contribution in [0.15, 0.2) is 109 Å². The molecule has 15 heteroatoms. The zero-order valence-corrected chi connectivity index (χ0v) is 39.3. The van der Waals surface area contributed by atoms with E-state index in [1.165, 1.54) is 18.4 Å². The Morgan fingerprint density at radius 2 is 1.24 bits per heavy atom. The van der Waals surface area contributed by atoms with Crippen molar-refractivity contribution in [2.24, 2.45) is 28.8 Å². The molecule has 2 aliphatic rings. The Labute approximate surface area is 400 Å². The van der Waals surface area contributed by atoms with Crippen LogP contribution < -0.4 is 24.0 Å². The van der Waals surface area contributed by atoms with Crippen LogP contribution in [0.3, 0.4) is 0 Å². The van der Waals surface area contributed by atoms with Crippen LogP contribution in [-0.2, 0) is 33.4 Å². The van der Waals surface area contributed by atoms with E-state index in [9.17, 15) is 24.0 Å². The van der Waals surface area contributed by atoms with Gasteiger partial charge in [-0.3, -0.25) is 19.2 Å². The average molecular weight is 944 g/mol. The van der Waals surface area contributed by atoms with Crippen molar-refractivity contribution in [3.63, 3.8) is 0 Å². The van der Waals surface area contributed by atoms with Crippen molar-refractivity contribution in [3.8, 4) is 23.0 Å². The van der Waals surface area contributed by atoms with Gasteiger partial charge in [0.25, 0.3) is 0 Å². The van der Waals surface area contributed by atoms with Crippen molar-refractivity contribution in [2.75, 3.05) is 25.3 Å². The maximum absolute atomic E-state index is 13.6. The number of fused-ring (bicyclic) bond motifs is 1. The van der Waals surface area contributed by atoms with Crippen molar-refractivity contribution in [1.29, 1.82) is 0 Å². The molecule has 2 saturated carbocycles. The Balaban J connectivity index is 0.968. The van der Waals surface area contributed by atoms with Crippen LogP contribution in [0.25, 0.3) is 10.2 Å². The quantitative estimate of drug-likeness (QED) is 0.0181. The molecule has 2 aliphatic carbocycles. The molecule has 1 aromatic heterocycles. The molecular weight excluding hydrogens is 887 g/mol. The lowest BCUT2D eigenvalue weighted by molar-refractivity contribution is -0.149. The molecule has 4 aromatic carbocycles. The number of para-hydroxylation sites is 1. The number of aryl methyl sites for hydroxylation is 1. The minimum Gasteiger partial charge on any atom is -0.494 e. The summed E-state index contributed by atoms with van der Waals surface area (Å²) in [6.07, 6.45) is 10.1. The van der Waals surface area contributed by atoms with Crippen molar-refractivity contribution < 1.29 is 52.4 Å². The molecule has 68 heavy (non-hydrogen) atoms. The number of carbonyl (C=O) groups excluding carboxylic acids is 5. The van der Waals surface area contributed by atoms with Gasteiger partial charge in [0.05, 0.1) is 66.1 Å². The van der Waals surface area contributed by atoms with Crippen LogP contribution in [0, 0.1) is 30.6 Å². The molecule has 0 aliphatic heterocycles. The first kappa shape index (κ1) is 49.0. The zero-order chi connectivity index (χ0) is 47.8. The molecule has 1 heterocycles. The average Bonchev–Trinajstić information content (AvgIpc) is 3.80. The highest BCUT2D eigenvalue weighted by Gasteiger charge is 2.34. The van der Waals surface area contributed by atoms with Gasteiger partial charge in [-0.05, 0) is 151 Å². The molecule has 0 radical (unpaired) electrons. The van der Waals surface area contributed by atoms with Gasteiger partial charge in [-0.2, -0.15) is 5.10 Å². The van der Waals surface area contributed by atoms with Crippen LogP contribution in [-0.4, -0.2) is 61.4 Å². The largest absolute Gasteiger partial charge is 0.494 e. The molecule has 0 atom stereocenters. The first-order valence-electron chi connectivity index (χ1n) is 23.2. The fraction of sp³-hybridized carbons (Fsp3) is 0.377. The molecule has 0 spiro atoms. The number of aromatic nitrogens is 1. The summed E-state index contributed by atoms with van der Waals surface area (Å²) >= 11 is 1.48. The van der Waals surface area contributed by atoms with Gasteiger partial charge in [-0.15, -0.1) is 0 Å². The number of unbranched alkanes of at least 4 members (excludes halogenated alkanes) is 3. The second-order valence-electron chi connectivity index (χ2n) is 17.0. The number of hydrogen-bond acceptors (Lipinski definition) is 15. The minimum absolute atomic E-state index is 0.233. The van der Waals surface area contributed by atoms with Gasteiger partial charge in [0.1, 0.15) is 23.0 Å². The number of benzene rings is 4. The zero-order valence-electron chi connectivity index (χ0n) is 38.5. The molecule has 0 N–H and O–H groups in total. The third kappa shape index (κ3) is 13.6. The van der Waals surface area contributed by atoms with Crippen molar-refractivity contribution in [2.45, 2.75) is 84.0 Å². The molecule has 14 nitrogen and oxygen atoms in total. The molecule has 2 fully saturated rings. The van der Waals surface area contributed by atoms with E-state index in [4.69, 9.17) is 38.5 Å². The van der Waals surface area contributed by atoms with Crippen molar-refractivity contribution in [1.82, 2.24) is 4.98 Å². The summed E-state index contributed by atoms with van der Waals surface area (Å²) in [6.45, 7) is 6.30. The summed E-state index contributed by atoms with van der Waals surface area (Å²) in [6, 6.07) is 27.5. The fourth-order valence-corrected chi connectivity index (χ4v) is 9.18. The van der Waals surface area contributed by atoms with E-state index in [1.54, 1.807) is 53.7 Å². The number of ether oxygens (including phenoxy) is 6. The predicted octanol–water partition coefficient (Wildman–Crippen LogP) is 10.6. The first-order valence-corrected chi connectivity index (χ1v) is 24.0. The summed E-state index contributed by atoms with van der Waals surface area (Å²) < 4.78 is 34.4. The lowest BCUT2D eigenvalue weighted by Gasteiger charge is -2.26. The number of rotatable bonds is 20. The summed E-state index contributed by atoms with van der Waals surface area (Å²) in [5.74, 6) is -1.75. The number of carbonyl (C=O) groups is 5. The highest BCUT2D eigenvalue weighted by Crippen LogP contribution is 2.36. The number of hydrazone groups is 1. The second kappa shape index (κ2) is 24.2. The number of nitrogens with zero attached hydrogens (tertiary/aromatic N) is 3. The molecule has 0 saturated heterocycles. The maximum atomic E-state index is 13.6. The van der Waals surface area contributed by atoms with E-state index < -0.39 is 29.7 Å². The summed E-state index contributed by atoms with van der Waals surface area (Å²) in [4.78, 5) is 68.5. The van der Waals surface area contributed by atoms with Crippen molar-refractivity contribution >= 4 is 68.4 Å².